The smallest absolute Gasteiger partial charge is 0.295 e. The van der Waals surface area contributed by atoms with Crippen LogP contribution >= 0.6 is 0 Å². The molecule has 2 aromatic heterocycles. The second kappa shape index (κ2) is 3.84. The summed E-state index contributed by atoms with van der Waals surface area (Å²) in [6.45, 7) is 4.00. The van der Waals surface area contributed by atoms with Gasteiger partial charge in [-0.1, -0.05) is 13.8 Å². The highest BCUT2D eigenvalue weighted by Gasteiger charge is 2.14. The summed E-state index contributed by atoms with van der Waals surface area (Å²) < 4.78 is 2.59. The molecule has 17 heavy (non-hydrogen) atoms. The molecular formula is C12H15N3O2. The molecule has 90 valence electrons. The molecule has 0 spiro atoms. The highest BCUT2D eigenvalue weighted by Crippen LogP contribution is 2.19. The molecule has 2 aromatic rings. The molecule has 0 aliphatic carbocycles. The van der Waals surface area contributed by atoms with E-state index in [-0.39, 0.29) is 17.2 Å². The predicted molar refractivity (Wildman–Crippen MR) is 66.3 cm³/mol. The average molecular weight is 233 g/mol. The third-order valence-electron chi connectivity index (χ3n) is 3.03. The largest absolute Gasteiger partial charge is 0.330 e. The number of rotatable bonds is 1. The minimum absolute atomic E-state index is 0.191. The first-order chi connectivity index (χ1) is 7.95. The van der Waals surface area contributed by atoms with Gasteiger partial charge in [0.1, 0.15) is 0 Å². The van der Waals surface area contributed by atoms with E-state index in [0.717, 1.165) is 10.1 Å². The molecule has 0 saturated heterocycles. The second-order valence-electron chi connectivity index (χ2n) is 4.48. The van der Waals surface area contributed by atoms with E-state index in [0.29, 0.717) is 10.9 Å². The van der Waals surface area contributed by atoms with Gasteiger partial charge in [0.2, 0.25) is 0 Å². The SMILES string of the molecule is CC(C)c1cncc2c1c(=O)n(C)c(=O)n2C. The lowest BCUT2D eigenvalue weighted by Gasteiger charge is -2.12. The standard InChI is InChI=1S/C12H15N3O2/c1-7(2)8-5-13-6-9-10(8)11(16)15(4)12(17)14(9)3/h5-7H,1-4H3. The fraction of sp³-hybridized carbons (Fsp3) is 0.417. The highest BCUT2D eigenvalue weighted by atomic mass is 16.2. The molecule has 0 unspecified atom stereocenters. The van der Waals surface area contributed by atoms with Crippen molar-refractivity contribution in [3.63, 3.8) is 0 Å². The Kier molecular flexibility index (Phi) is 2.61. The normalized spacial score (nSPS) is 11.4. The number of pyridine rings is 1. The summed E-state index contributed by atoms with van der Waals surface area (Å²) in [7, 11) is 3.14. The average Bonchev–Trinajstić information content (AvgIpc) is 2.32. The number of aryl methyl sites for hydroxylation is 1. The van der Waals surface area contributed by atoms with Crippen molar-refractivity contribution in [2.24, 2.45) is 14.1 Å². The van der Waals surface area contributed by atoms with Gasteiger partial charge in [-0.15, -0.1) is 0 Å². The van der Waals surface area contributed by atoms with Gasteiger partial charge < -0.3 is 0 Å². The van der Waals surface area contributed by atoms with Crippen LogP contribution in [0.1, 0.15) is 25.3 Å². The summed E-state index contributed by atoms with van der Waals surface area (Å²) in [6.07, 6.45) is 3.25. The first-order valence-electron chi connectivity index (χ1n) is 5.48. The van der Waals surface area contributed by atoms with E-state index in [4.69, 9.17) is 0 Å². The van der Waals surface area contributed by atoms with E-state index in [2.05, 4.69) is 4.98 Å². The molecule has 0 atom stereocenters. The number of hydrogen-bond donors (Lipinski definition) is 0. The Morgan fingerprint density at radius 3 is 2.35 bits per heavy atom. The van der Waals surface area contributed by atoms with Crippen molar-refractivity contribution in [1.29, 1.82) is 0 Å². The van der Waals surface area contributed by atoms with Gasteiger partial charge in [0, 0.05) is 20.3 Å². The van der Waals surface area contributed by atoms with Crippen molar-refractivity contribution >= 4 is 10.9 Å². The molecule has 0 amide bonds. The molecule has 0 radical (unpaired) electrons. The van der Waals surface area contributed by atoms with Crippen LogP contribution in [0.15, 0.2) is 22.0 Å². The third kappa shape index (κ3) is 1.58. The number of fused-ring (bicyclic) bond motifs is 1. The molecule has 5 heteroatoms. The molecule has 0 fully saturated rings. The Balaban J connectivity index is 3.12. The van der Waals surface area contributed by atoms with E-state index < -0.39 is 0 Å². The van der Waals surface area contributed by atoms with Gasteiger partial charge in [-0.3, -0.25) is 18.9 Å². The van der Waals surface area contributed by atoms with Crippen molar-refractivity contribution in [3.8, 4) is 0 Å². The maximum absolute atomic E-state index is 12.1. The zero-order valence-corrected chi connectivity index (χ0v) is 10.4. The Morgan fingerprint density at radius 2 is 1.76 bits per heavy atom. The molecule has 0 bridgehead atoms. The fourth-order valence-corrected chi connectivity index (χ4v) is 1.97. The van der Waals surface area contributed by atoms with Crippen LogP contribution in [-0.4, -0.2) is 14.1 Å². The minimum atomic E-state index is -0.329. The molecule has 0 aromatic carbocycles. The van der Waals surface area contributed by atoms with Crippen LogP contribution in [0.5, 0.6) is 0 Å². The zero-order valence-electron chi connectivity index (χ0n) is 10.4. The molecule has 2 rings (SSSR count). The maximum atomic E-state index is 12.1. The van der Waals surface area contributed by atoms with Crippen LogP contribution in [0.4, 0.5) is 0 Å². The van der Waals surface area contributed by atoms with Gasteiger partial charge >= 0.3 is 5.69 Å². The first kappa shape index (κ1) is 11.6. The molecule has 0 aliphatic rings. The van der Waals surface area contributed by atoms with Crippen molar-refractivity contribution in [2.75, 3.05) is 0 Å². The first-order valence-corrected chi connectivity index (χ1v) is 5.48. The lowest BCUT2D eigenvalue weighted by molar-refractivity contribution is 0.709. The number of aromatic nitrogens is 3. The number of hydrogen-bond acceptors (Lipinski definition) is 3. The molecule has 5 nitrogen and oxygen atoms in total. The predicted octanol–water partition coefficient (Wildman–Crippen LogP) is 0.756. The Hall–Kier alpha value is -1.91. The highest BCUT2D eigenvalue weighted by molar-refractivity contribution is 5.81. The van der Waals surface area contributed by atoms with Crippen LogP contribution in [0, 0.1) is 0 Å². The van der Waals surface area contributed by atoms with E-state index in [1.54, 1.807) is 19.4 Å². The van der Waals surface area contributed by atoms with Gasteiger partial charge in [0.15, 0.2) is 0 Å². The van der Waals surface area contributed by atoms with Crippen molar-refractivity contribution in [3.05, 3.63) is 38.8 Å². The van der Waals surface area contributed by atoms with Crippen LogP contribution in [0.2, 0.25) is 0 Å². The Bertz CT molecular complexity index is 695. The molecule has 0 aliphatic heterocycles. The topological polar surface area (TPSA) is 56.9 Å². The van der Waals surface area contributed by atoms with E-state index >= 15 is 0 Å². The van der Waals surface area contributed by atoms with Gasteiger partial charge in [0.05, 0.1) is 17.1 Å². The lowest BCUT2D eigenvalue weighted by Crippen LogP contribution is -2.37. The summed E-state index contributed by atoms with van der Waals surface area (Å²) in [5, 5.41) is 0.583. The summed E-state index contributed by atoms with van der Waals surface area (Å²) in [5.41, 5.74) is 0.877. The Morgan fingerprint density at radius 1 is 1.12 bits per heavy atom. The lowest BCUT2D eigenvalue weighted by atomic mass is 10.0. The van der Waals surface area contributed by atoms with Gasteiger partial charge in [-0.05, 0) is 11.5 Å². The van der Waals surface area contributed by atoms with Crippen molar-refractivity contribution < 1.29 is 0 Å². The molecule has 0 N–H and O–H groups in total. The summed E-state index contributed by atoms with van der Waals surface area (Å²) in [4.78, 5) is 28.0. The van der Waals surface area contributed by atoms with Crippen molar-refractivity contribution in [1.82, 2.24) is 14.1 Å². The van der Waals surface area contributed by atoms with Crippen LogP contribution in [0.3, 0.4) is 0 Å². The Labute approximate surface area is 98.3 Å². The number of nitrogens with zero attached hydrogens (tertiary/aromatic N) is 3. The van der Waals surface area contributed by atoms with Crippen LogP contribution in [0.25, 0.3) is 10.9 Å². The van der Waals surface area contributed by atoms with Gasteiger partial charge in [-0.2, -0.15) is 0 Å². The zero-order chi connectivity index (χ0) is 12.7. The third-order valence-corrected chi connectivity index (χ3v) is 3.03. The van der Waals surface area contributed by atoms with E-state index in [1.807, 2.05) is 13.8 Å². The van der Waals surface area contributed by atoms with E-state index in [9.17, 15) is 9.59 Å². The summed E-state index contributed by atoms with van der Waals surface area (Å²) in [5.74, 6) is 0.191. The van der Waals surface area contributed by atoms with Gasteiger partial charge in [-0.25, -0.2) is 4.79 Å². The van der Waals surface area contributed by atoms with Crippen LogP contribution in [-0.2, 0) is 14.1 Å². The van der Waals surface area contributed by atoms with E-state index in [1.165, 1.54) is 11.6 Å². The molecular weight excluding hydrogens is 218 g/mol. The quantitative estimate of drug-likeness (QED) is 0.730. The monoisotopic (exact) mass is 233 g/mol. The van der Waals surface area contributed by atoms with Crippen molar-refractivity contribution in [2.45, 2.75) is 19.8 Å². The summed E-state index contributed by atoms with van der Waals surface area (Å²) in [6, 6.07) is 0. The molecule has 0 saturated carbocycles. The molecule has 2 heterocycles. The maximum Gasteiger partial charge on any atom is 0.330 e. The summed E-state index contributed by atoms with van der Waals surface area (Å²) >= 11 is 0. The van der Waals surface area contributed by atoms with Gasteiger partial charge in [0.25, 0.3) is 5.56 Å². The minimum Gasteiger partial charge on any atom is -0.295 e. The fourth-order valence-electron chi connectivity index (χ4n) is 1.97. The second-order valence-corrected chi connectivity index (χ2v) is 4.48. The van der Waals surface area contributed by atoms with Crippen LogP contribution < -0.4 is 11.2 Å².